The van der Waals surface area contributed by atoms with Crippen molar-refractivity contribution in [2.45, 2.75) is 55.5 Å². The van der Waals surface area contributed by atoms with Gasteiger partial charge in [-0.3, -0.25) is 4.79 Å². The van der Waals surface area contributed by atoms with Crippen LogP contribution in [0.3, 0.4) is 0 Å². The van der Waals surface area contributed by atoms with Crippen molar-refractivity contribution in [3.63, 3.8) is 0 Å². The number of β-amino-alcohol motifs (C(OH)–C–C–N with tert-alkyl or cyclic N) is 1. The van der Waals surface area contributed by atoms with Gasteiger partial charge in [-0.15, -0.1) is 24.8 Å². The number of likely N-dealkylation sites (tertiary alicyclic amines) is 1. The van der Waals surface area contributed by atoms with Crippen molar-refractivity contribution < 1.29 is 20.1 Å². The van der Waals surface area contributed by atoms with Crippen LogP contribution in [0.5, 0.6) is 0 Å². The van der Waals surface area contributed by atoms with Crippen LogP contribution in [0.25, 0.3) is 0 Å². The first-order chi connectivity index (χ1) is 13.3. The zero-order valence-electron chi connectivity index (χ0n) is 17.3. The minimum atomic E-state index is -1.49. The lowest BCUT2D eigenvalue weighted by Gasteiger charge is -2.45. The fraction of sp³-hybridized carbons (Fsp3) is 0.750. The van der Waals surface area contributed by atoms with Gasteiger partial charge in [0.25, 0.3) is 0 Å². The highest BCUT2D eigenvalue weighted by Gasteiger charge is 2.47. The van der Waals surface area contributed by atoms with E-state index in [1.807, 2.05) is 6.08 Å². The van der Waals surface area contributed by atoms with Crippen molar-refractivity contribution >= 4 is 38.6 Å². The number of aliphatic hydroxyl groups is 2. The van der Waals surface area contributed by atoms with Crippen LogP contribution >= 0.6 is 24.8 Å². The first kappa shape index (κ1) is 27.3. The molecule has 10 heteroatoms. The highest BCUT2D eigenvalue weighted by atomic mass is 35.5. The van der Waals surface area contributed by atoms with E-state index in [0.29, 0.717) is 51.7 Å². The summed E-state index contributed by atoms with van der Waals surface area (Å²) in [5.74, 6) is -2.00. The van der Waals surface area contributed by atoms with Gasteiger partial charge >= 0.3 is 5.97 Å². The Balaban J connectivity index is 0.00000225. The Labute approximate surface area is 192 Å². The summed E-state index contributed by atoms with van der Waals surface area (Å²) in [6.07, 6.45) is 7.73. The van der Waals surface area contributed by atoms with Gasteiger partial charge in [0, 0.05) is 31.8 Å². The third kappa shape index (κ3) is 5.34. The Kier molecular flexibility index (Phi) is 10.2. The molecule has 0 bridgehead atoms. The van der Waals surface area contributed by atoms with Crippen molar-refractivity contribution in [1.82, 2.24) is 10.2 Å². The Morgan fingerprint density at radius 1 is 1.40 bits per heavy atom. The summed E-state index contributed by atoms with van der Waals surface area (Å²) in [5.41, 5.74) is 6.06. The van der Waals surface area contributed by atoms with E-state index in [4.69, 9.17) is 18.7 Å². The number of carbonyl (C=O) groups is 1. The maximum atomic E-state index is 12.0. The van der Waals surface area contributed by atoms with Crippen molar-refractivity contribution in [3.8, 4) is 0 Å². The van der Waals surface area contributed by atoms with Gasteiger partial charge in [-0.25, -0.2) is 0 Å². The second-order valence-corrected chi connectivity index (χ2v) is 8.48. The van der Waals surface area contributed by atoms with Gasteiger partial charge in [-0.05, 0) is 56.1 Å². The summed E-state index contributed by atoms with van der Waals surface area (Å²) >= 11 is 0. The number of aliphatic hydroxyl groups excluding tert-OH is 1. The van der Waals surface area contributed by atoms with Crippen molar-refractivity contribution in [2.24, 2.45) is 11.7 Å². The number of nitrogens with two attached hydrogens (primary N) is 1. The molecule has 0 spiro atoms. The number of carboxylic acids is 1. The molecule has 7 nitrogen and oxygen atoms in total. The summed E-state index contributed by atoms with van der Waals surface area (Å²) in [6, 6.07) is 0. The fourth-order valence-electron chi connectivity index (χ4n) is 4.96. The van der Waals surface area contributed by atoms with E-state index in [0.717, 1.165) is 18.7 Å². The van der Waals surface area contributed by atoms with Gasteiger partial charge in [0.2, 0.25) is 0 Å². The number of halogens is 2. The van der Waals surface area contributed by atoms with E-state index in [9.17, 15) is 15.0 Å². The van der Waals surface area contributed by atoms with E-state index in [1.54, 1.807) is 0 Å². The average Bonchev–Trinajstić information content (AvgIpc) is 3.16. The van der Waals surface area contributed by atoms with Crippen LogP contribution in [-0.2, 0) is 4.79 Å². The number of nitrogens with zero attached hydrogens (tertiary/aromatic N) is 1. The predicted molar refractivity (Wildman–Crippen MR) is 122 cm³/mol. The Bertz CT molecular complexity index is 658. The van der Waals surface area contributed by atoms with Crippen LogP contribution in [0.1, 0.15) is 38.5 Å². The smallest absolute Gasteiger partial charge is 0.323 e. The molecule has 0 aromatic heterocycles. The number of hydrogen-bond acceptors (Lipinski definition) is 6. The van der Waals surface area contributed by atoms with Gasteiger partial charge in [0.05, 0.1) is 7.85 Å². The quantitative estimate of drug-likeness (QED) is 0.342. The number of rotatable bonds is 8. The summed E-state index contributed by atoms with van der Waals surface area (Å²) in [5, 5.41) is 33.4. The second-order valence-electron chi connectivity index (χ2n) is 8.48. The lowest BCUT2D eigenvalue weighted by molar-refractivity contribution is -0.147. The molecular weight excluding hydrogens is 428 g/mol. The third-order valence-electron chi connectivity index (χ3n) is 6.66. The Morgan fingerprint density at radius 2 is 2.07 bits per heavy atom. The lowest BCUT2D eigenvalue weighted by Crippen LogP contribution is -2.60. The molecule has 1 saturated heterocycles. The standard InChI is InChI=1S/C20H32BN3O4.2ClH/c21-16(4-2-12-25)20(22,18(26)27)15-6-10-24(11-7-15)13-19(28)8-1-3-14-5-9-23-17(14)19;;/h1,3,15-16,23,25,28H,2,4-13,22H2,(H,26,27);2*1H. The Hall–Kier alpha value is -0.765. The van der Waals surface area contributed by atoms with Crippen LogP contribution in [0.4, 0.5) is 0 Å². The van der Waals surface area contributed by atoms with E-state index in [2.05, 4.69) is 16.3 Å². The molecule has 0 amide bonds. The molecule has 1 aliphatic carbocycles. The molecule has 170 valence electrons. The van der Waals surface area contributed by atoms with Crippen LogP contribution in [0.2, 0.25) is 5.82 Å². The van der Waals surface area contributed by atoms with Gasteiger partial charge in [0.15, 0.2) is 0 Å². The summed E-state index contributed by atoms with van der Waals surface area (Å²) in [6.45, 7) is 2.72. The molecule has 2 aliphatic heterocycles. The van der Waals surface area contributed by atoms with E-state index in [-0.39, 0.29) is 37.3 Å². The molecule has 0 aromatic carbocycles. The van der Waals surface area contributed by atoms with Crippen LogP contribution in [0, 0.1) is 5.92 Å². The molecule has 3 atom stereocenters. The van der Waals surface area contributed by atoms with E-state index >= 15 is 0 Å². The van der Waals surface area contributed by atoms with Crippen molar-refractivity contribution in [3.05, 3.63) is 23.4 Å². The molecular formula is C20H34BCl2N3O4. The van der Waals surface area contributed by atoms with Crippen molar-refractivity contribution in [2.75, 3.05) is 32.8 Å². The number of piperidine rings is 1. The highest BCUT2D eigenvalue weighted by molar-refractivity contribution is 6.15. The molecule has 3 unspecified atom stereocenters. The summed E-state index contributed by atoms with van der Waals surface area (Å²) in [7, 11) is 6.14. The van der Waals surface area contributed by atoms with E-state index < -0.39 is 22.9 Å². The SMILES string of the molecule is Cl.Cl.[B]C(CCCO)C(N)(C(=O)O)C1CCN(CC2(O)CC=CC3=C2NCC3)CC1. The number of aliphatic carboxylic acids is 1. The summed E-state index contributed by atoms with van der Waals surface area (Å²) < 4.78 is 0. The zero-order chi connectivity index (χ0) is 20.4. The fourth-order valence-corrected chi connectivity index (χ4v) is 4.96. The van der Waals surface area contributed by atoms with Gasteiger partial charge in [-0.2, -0.15) is 0 Å². The maximum absolute atomic E-state index is 12.0. The first-order valence-corrected chi connectivity index (χ1v) is 10.3. The first-order valence-electron chi connectivity index (χ1n) is 10.3. The molecule has 0 saturated carbocycles. The molecule has 6 N–H and O–H groups in total. The molecule has 3 rings (SSSR count). The van der Waals surface area contributed by atoms with Crippen molar-refractivity contribution in [1.29, 1.82) is 0 Å². The normalized spacial score (nSPS) is 27.3. The molecule has 30 heavy (non-hydrogen) atoms. The van der Waals surface area contributed by atoms with Crippen LogP contribution in [0.15, 0.2) is 23.4 Å². The molecule has 3 aliphatic rings. The minimum absolute atomic E-state index is 0. The summed E-state index contributed by atoms with van der Waals surface area (Å²) in [4.78, 5) is 14.2. The molecule has 0 aromatic rings. The minimum Gasteiger partial charge on any atom is -0.480 e. The zero-order valence-corrected chi connectivity index (χ0v) is 18.9. The van der Waals surface area contributed by atoms with Gasteiger partial charge in [-0.1, -0.05) is 18.6 Å². The number of hydrogen-bond donors (Lipinski definition) is 5. The van der Waals surface area contributed by atoms with E-state index in [1.165, 1.54) is 5.57 Å². The topological polar surface area (TPSA) is 119 Å². The average molecular weight is 462 g/mol. The molecule has 2 heterocycles. The maximum Gasteiger partial charge on any atom is 0.323 e. The van der Waals surface area contributed by atoms with Crippen LogP contribution in [-0.4, -0.2) is 78.0 Å². The van der Waals surface area contributed by atoms with Crippen LogP contribution < -0.4 is 11.1 Å². The Morgan fingerprint density at radius 3 is 2.67 bits per heavy atom. The predicted octanol–water partition coefficient (Wildman–Crippen LogP) is 0.992. The third-order valence-corrected chi connectivity index (χ3v) is 6.66. The highest BCUT2D eigenvalue weighted by Crippen LogP contribution is 2.38. The monoisotopic (exact) mass is 461 g/mol. The second kappa shape index (κ2) is 11.2. The largest absolute Gasteiger partial charge is 0.480 e. The number of carboxylic acid groups (broad SMARTS) is 1. The number of allylic oxidation sites excluding steroid dienone is 1. The molecule has 2 radical (unpaired) electrons. The van der Waals surface area contributed by atoms with Gasteiger partial charge < -0.3 is 31.3 Å². The lowest BCUT2D eigenvalue weighted by atomic mass is 9.61. The van der Waals surface area contributed by atoms with Gasteiger partial charge in [0.1, 0.15) is 11.1 Å². The number of nitrogens with one attached hydrogen (secondary N) is 1. The molecule has 1 fully saturated rings.